The largest absolute Gasteiger partial charge is 0.411 e. The van der Waals surface area contributed by atoms with Crippen LogP contribution >= 0.6 is 0 Å². The van der Waals surface area contributed by atoms with Gasteiger partial charge in [-0.3, -0.25) is 0 Å². The van der Waals surface area contributed by atoms with Gasteiger partial charge in [-0.05, 0) is 19.3 Å². The molecule has 98 valence electrons. The van der Waals surface area contributed by atoms with Gasteiger partial charge in [-0.25, -0.2) is 0 Å². The summed E-state index contributed by atoms with van der Waals surface area (Å²) >= 11 is 0. The first-order valence-electron chi connectivity index (χ1n) is 5.25. The highest BCUT2D eigenvalue weighted by Crippen LogP contribution is 2.26. The zero-order valence-corrected chi connectivity index (χ0v) is 9.39. The zero-order chi connectivity index (χ0) is 12.7. The van der Waals surface area contributed by atoms with Crippen molar-refractivity contribution in [3.63, 3.8) is 0 Å². The van der Waals surface area contributed by atoms with Crippen LogP contribution in [-0.4, -0.2) is 42.8 Å². The van der Waals surface area contributed by atoms with Gasteiger partial charge in [0.15, 0.2) is 0 Å². The average Bonchev–Trinajstić information content (AvgIpc) is 2.23. The third-order valence-corrected chi connectivity index (χ3v) is 2.68. The predicted molar refractivity (Wildman–Crippen MR) is 53.0 cm³/mol. The maximum atomic E-state index is 11.7. The second kappa shape index (κ2) is 7.09. The summed E-state index contributed by atoms with van der Waals surface area (Å²) < 4.78 is 39.6. The Kier molecular flexibility index (Phi) is 6.94. The quantitative estimate of drug-likeness (QED) is 0.639. The number of ether oxygens (including phenoxy) is 1. The Morgan fingerprint density at radius 3 is 2.06 bits per heavy atom. The lowest BCUT2D eigenvalue weighted by Crippen LogP contribution is -2.29. The van der Waals surface area contributed by atoms with Crippen molar-refractivity contribution in [3.8, 4) is 0 Å². The second-order valence-corrected chi connectivity index (χ2v) is 3.94. The molecule has 0 saturated carbocycles. The van der Waals surface area contributed by atoms with Crippen LogP contribution in [0.25, 0.3) is 0 Å². The van der Waals surface area contributed by atoms with Gasteiger partial charge in [0.1, 0.15) is 6.61 Å². The molecule has 0 heterocycles. The van der Waals surface area contributed by atoms with Gasteiger partial charge >= 0.3 is 6.18 Å². The van der Waals surface area contributed by atoms with Crippen LogP contribution in [0.2, 0.25) is 0 Å². The Bertz CT molecular complexity index is 170. The van der Waals surface area contributed by atoms with Gasteiger partial charge in [0, 0.05) is 12.0 Å². The topological polar surface area (TPSA) is 49.7 Å². The molecule has 0 bridgehead atoms. The number of hydrogen-bond donors (Lipinski definition) is 2. The number of aliphatic hydroxyl groups excluding tert-OH is 2. The van der Waals surface area contributed by atoms with Gasteiger partial charge < -0.3 is 14.9 Å². The van der Waals surface area contributed by atoms with Gasteiger partial charge in [0.05, 0.1) is 13.2 Å². The third-order valence-electron chi connectivity index (χ3n) is 2.68. The molecule has 0 aromatic heterocycles. The lowest BCUT2D eigenvalue weighted by molar-refractivity contribution is -0.174. The monoisotopic (exact) mass is 244 g/mol. The average molecular weight is 244 g/mol. The molecule has 2 N–H and O–H groups in total. The van der Waals surface area contributed by atoms with Gasteiger partial charge in [-0.1, -0.05) is 6.92 Å². The molecule has 3 nitrogen and oxygen atoms in total. The lowest BCUT2D eigenvalue weighted by atomic mass is 9.82. The normalized spacial score (nSPS) is 13.1. The number of rotatable bonds is 8. The summed E-state index contributed by atoms with van der Waals surface area (Å²) in [6.45, 7) is 0.229. The fourth-order valence-corrected chi connectivity index (χ4v) is 1.35. The second-order valence-electron chi connectivity index (χ2n) is 3.94. The van der Waals surface area contributed by atoms with Crippen molar-refractivity contribution in [3.05, 3.63) is 0 Å². The standard InChI is InChI=1S/C10H19F3O3/c1-2-9(6-14,7-15)4-3-5-16-8-10(11,12)13/h14-15H,2-8H2,1H3. The highest BCUT2D eigenvalue weighted by atomic mass is 19.4. The van der Waals surface area contributed by atoms with Crippen LogP contribution in [-0.2, 0) is 4.74 Å². The van der Waals surface area contributed by atoms with Gasteiger partial charge in [0.2, 0.25) is 0 Å². The fourth-order valence-electron chi connectivity index (χ4n) is 1.35. The van der Waals surface area contributed by atoms with Crippen LogP contribution in [0.4, 0.5) is 13.2 Å². The predicted octanol–water partition coefficient (Wildman–Crippen LogP) is 1.73. The summed E-state index contributed by atoms with van der Waals surface area (Å²) in [7, 11) is 0. The molecule has 16 heavy (non-hydrogen) atoms. The molecule has 0 atom stereocenters. The van der Waals surface area contributed by atoms with Gasteiger partial charge in [-0.15, -0.1) is 0 Å². The van der Waals surface area contributed by atoms with Crippen molar-refractivity contribution in [2.45, 2.75) is 32.4 Å². The fraction of sp³-hybridized carbons (Fsp3) is 1.00. The van der Waals surface area contributed by atoms with Crippen molar-refractivity contribution in [2.75, 3.05) is 26.4 Å². The van der Waals surface area contributed by atoms with E-state index in [2.05, 4.69) is 4.74 Å². The van der Waals surface area contributed by atoms with E-state index in [-0.39, 0.29) is 19.8 Å². The molecule has 0 aliphatic carbocycles. The summed E-state index contributed by atoms with van der Waals surface area (Å²) in [5.74, 6) is 0. The molecule has 0 aliphatic rings. The van der Waals surface area contributed by atoms with E-state index in [1.165, 1.54) is 0 Å². The molecule has 0 saturated heterocycles. The van der Waals surface area contributed by atoms with E-state index >= 15 is 0 Å². The molecular formula is C10H19F3O3. The first-order chi connectivity index (χ1) is 7.39. The Balaban J connectivity index is 3.71. The molecule has 0 aliphatic heterocycles. The molecular weight excluding hydrogens is 225 g/mol. The number of aliphatic hydroxyl groups is 2. The van der Waals surface area contributed by atoms with E-state index in [0.29, 0.717) is 19.3 Å². The van der Waals surface area contributed by atoms with Crippen molar-refractivity contribution >= 4 is 0 Å². The number of hydrogen-bond acceptors (Lipinski definition) is 3. The van der Waals surface area contributed by atoms with E-state index in [1.807, 2.05) is 6.92 Å². The zero-order valence-electron chi connectivity index (χ0n) is 9.39. The maximum Gasteiger partial charge on any atom is 0.411 e. The van der Waals surface area contributed by atoms with Crippen LogP contribution < -0.4 is 0 Å². The lowest BCUT2D eigenvalue weighted by Gasteiger charge is -2.28. The van der Waals surface area contributed by atoms with Crippen molar-refractivity contribution in [1.29, 1.82) is 0 Å². The van der Waals surface area contributed by atoms with E-state index in [1.54, 1.807) is 0 Å². The Morgan fingerprint density at radius 2 is 1.69 bits per heavy atom. The van der Waals surface area contributed by atoms with Crippen LogP contribution in [0.3, 0.4) is 0 Å². The summed E-state index contributed by atoms with van der Waals surface area (Å²) in [6, 6.07) is 0. The van der Waals surface area contributed by atoms with E-state index in [9.17, 15) is 13.2 Å². The van der Waals surface area contributed by atoms with Gasteiger partial charge in [-0.2, -0.15) is 13.2 Å². The SMILES string of the molecule is CCC(CO)(CO)CCCOCC(F)(F)F. The summed E-state index contributed by atoms with van der Waals surface area (Å²) in [5.41, 5.74) is -0.596. The van der Waals surface area contributed by atoms with Crippen LogP contribution in [0.15, 0.2) is 0 Å². The van der Waals surface area contributed by atoms with E-state index in [0.717, 1.165) is 0 Å². The Labute approximate surface area is 93.2 Å². The minimum absolute atomic E-state index is 0.0126. The summed E-state index contributed by atoms with van der Waals surface area (Å²) in [5, 5.41) is 18.2. The molecule has 0 aromatic carbocycles. The molecule has 6 heteroatoms. The summed E-state index contributed by atoms with van der Waals surface area (Å²) in [4.78, 5) is 0. The highest BCUT2D eigenvalue weighted by Gasteiger charge is 2.28. The van der Waals surface area contributed by atoms with Crippen molar-refractivity contribution < 1.29 is 28.1 Å². The summed E-state index contributed by atoms with van der Waals surface area (Å²) in [6.07, 6.45) is -2.87. The van der Waals surface area contributed by atoms with Crippen molar-refractivity contribution in [2.24, 2.45) is 5.41 Å². The minimum Gasteiger partial charge on any atom is -0.396 e. The van der Waals surface area contributed by atoms with Crippen LogP contribution in [0.1, 0.15) is 26.2 Å². The molecule has 0 radical (unpaired) electrons. The first-order valence-corrected chi connectivity index (χ1v) is 5.25. The number of halogens is 3. The Morgan fingerprint density at radius 1 is 1.12 bits per heavy atom. The Hall–Kier alpha value is -0.330. The van der Waals surface area contributed by atoms with Crippen LogP contribution in [0.5, 0.6) is 0 Å². The number of alkyl halides is 3. The molecule has 0 rings (SSSR count). The third kappa shape index (κ3) is 6.30. The highest BCUT2D eigenvalue weighted by molar-refractivity contribution is 4.75. The molecule has 0 fully saturated rings. The van der Waals surface area contributed by atoms with E-state index in [4.69, 9.17) is 10.2 Å². The minimum atomic E-state index is -4.30. The first kappa shape index (κ1) is 15.7. The van der Waals surface area contributed by atoms with E-state index < -0.39 is 18.2 Å². The van der Waals surface area contributed by atoms with Crippen LogP contribution in [0, 0.1) is 5.41 Å². The molecule has 0 amide bonds. The van der Waals surface area contributed by atoms with Crippen molar-refractivity contribution in [1.82, 2.24) is 0 Å². The van der Waals surface area contributed by atoms with Gasteiger partial charge in [0.25, 0.3) is 0 Å². The molecule has 0 spiro atoms. The smallest absolute Gasteiger partial charge is 0.396 e. The molecule has 0 aromatic rings. The molecule has 0 unspecified atom stereocenters. The maximum absolute atomic E-state index is 11.7.